The van der Waals surface area contributed by atoms with Crippen molar-refractivity contribution in [1.29, 1.82) is 0 Å². The van der Waals surface area contributed by atoms with Gasteiger partial charge in [-0.05, 0) is 52.0 Å². The summed E-state index contributed by atoms with van der Waals surface area (Å²) < 4.78 is 1.05. The van der Waals surface area contributed by atoms with Crippen LogP contribution in [0.3, 0.4) is 0 Å². The van der Waals surface area contributed by atoms with Gasteiger partial charge in [0.05, 0.1) is 6.04 Å². The Bertz CT molecular complexity index is 528. The number of nitrogens with one attached hydrogen (secondary N) is 1. The van der Waals surface area contributed by atoms with E-state index in [1.807, 2.05) is 24.3 Å². The smallest absolute Gasteiger partial charge is 0.0636 e. The Morgan fingerprint density at radius 1 is 1.16 bits per heavy atom. The monoisotopic (exact) mass is 336 g/mol. The Balaban J connectivity index is 2.17. The Kier molecular flexibility index (Phi) is 5.31. The molecule has 1 unspecified atom stereocenters. The number of thioether (sulfide) groups is 1. The van der Waals surface area contributed by atoms with Gasteiger partial charge in [-0.25, -0.2) is 0 Å². The van der Waals surface area contributed by atoms with Crippen molar-refractivity contribution in [3.63, 3.8) is 0 Å². The summed E-state index contributed by atoms with van der Waals surface area (Å²) in [4.78, 5) is 1.26. The molecule has 0 aliphatic heterocycles. The second-order valence-corrected chi connectivity index (χ2v) is 5.92. The third-order valence-corrected chi connectivity index (χ3v) is 4.39. The molecular weight excluding hydrogens is 320 g/mol. The lowest BCUT2D eigenvalue weighted by Crippen LogP contribution is -2.20. The van der Waals surface area contributed by atoms with E-state index in [-0.39, 0.29) is 6.04 Å². The fourth-order valence-electron chi connectivity index (χ4n) is 1.88. The Labute approximate surface area is 126 Å². The highest BCUT2D eigenvalue weighted by molar-refractivity contribution is 9.10. The second-order valence-electron chi connectivity index (χ2n) is 4.19. The van der Waals surface area contributed by atoms with Gasteiger partial charge in [-0.3, -0.25) is 0 Å². The number of hydrogen-bond donors (Lipinski definition) is 2. The maximum Gasteiger partial charge on any atom is 0.0636 e. The molecule has 0 heterocycles. The highest BCUT2D eigenvalue weighted by atomic mass is 79.9. The summed E-state index contributed by atoms with van der Waals surface area (Å²) in [6.07, 6.45) is 2.08. The van der Waals surface area contributed by atoms with Gasteiger partial charge in [-0.15, -0.1) is 11.8 Å². The minimum absolute atomic E-state index is 0.120. The molecule has 0 aliphatic carbocycles. The number of rotatable bonds is 5. The largest absolute Gasteiger partial charge is 0.376 e. The third kappa shape index (κ3) is 3.75. The van der Waals surface area contributed by atoms with Crippen LogP contribution in [0.5, 0.6) is 0 Å². The van der Waals surface area contributed by atoms with Crippen LogP contribution in [-0.4, -0.2) is 12.8 Å². The van der Waals surface area contributed by atoms with Gasteiger partial charge in [0.15, 0.2) is 0 Å². The van der Waals surface area contributed by atoms with Gasteiger partial charge < -0.3 is 11.1 Å². The quantitative estimate of drug-likeness (QED) is 0.800. The fraction of sp³-hybridized carbons (Fsp3) is 0.200. The predicted octanol–water partition coefficient (Wildman–Crippen LogP) is 4.28. The average Bonchev–Trinajstić information content (AvgIpc) is 2.47. The lowest BCUT2D eigenvalue weighted by Gasteiger charge is -2.19. The normalized spacial score (nSPS) is 12.2. The maximum atomic E-state index is 5.89. The van der Waals surface area contributed by atoms with Crippen LogP contribution < -0.4 is 11.1 Å². The van der Waals surface area contributed by atoms with Crippen molar-refractivity contribution in [3.05, 3.63) is 58.6 Å². The zero-order valence-corrected chi connectivity index (χ0v) is 13.2. The SMILES string of the molecule is CSc1ccc(C(CN)Nc2ccccc2Br)cc1. The van der Waals surface area contributed by atoms with Gasteiger partial charge >= 0.3 is 0 Å². The first-order valence-corrected chi connectivity index (χ1v) is 8.11. The molecule has 4 heteroatoms. The van der Waals surface area contributed by atoms with Crippen LogP contribution in [0, 0.1) is 0 Å². The highest BCUT2D eigenvalue weighted by Crippen LogP contribution is 2.26. The van der Waals surface area contributed by atoms with Crippen molar-refractivity contribution in [2.75, 3.05) is 18.1 Å². The number of para-hydroxylation sites is 1. The summed E-state index contributed by atoms with van der Waals surface area (Å²) in [6.45, 7) is 0.556. The van der Waals surface area contributed by atoms with Crippen LogP contribution in [0.2, 0.25) is 0 Å². The Morgan fingerprint density at radius 2 is 1.84 bits per heavy atom. The molecule has 3 N–H and O–H groups in total. The van der Waals surface area contributed by atoms with E-state index in [0.29, 0.717) is 6.54 Å². The van der Waals surface area contributed by atoms with Gasteiger partial charge in [0.2, 0.25) is 0 Å². The average molecular weight is 337 g/mol. The predicted molar refractivity (Wildman–Crippen MR) is 87.8 cm³/mol. The molecule has 0 aromatic heterocycles. The zero-order valence-electron chi connectivity index (χ0n) is 10.8. The molecular formula is C15H17BrN2S. The van der Waals surface area contributed by atoms with Gasteiger partial charge in [-0.2, -0.15) is 0 Å². The number of benzene rings is 2. The van der Waals surface area contributed by atoms with Crippen molar-refractivity contribution in [2.45, 2.75) is 10.9 Å². The van der Waals surface area contributed by atoms with E-state index in [2.05, 4.69) is 51.8 Å². The Morgan fingerprint density at radius 3 is 2.42 bits per heavy atom. The molecule has 2 rings (SSSR count). The number of anilines is 1. The summed E-state index contributed by atoms with van der Waals surface area (Å²) in [5.74, 6) is 0. The zero-order chi connectivity index (χ0) is 13.7. The van der Waals surface area contributed by atoms with E-state index in [4.69, 9.17) is 5.73 Å². The third-order valence-electron chi connectivity index (χ3n) is 2.96. The first-order chi connectivity index (χ1) is 9.24. The molecule has 0 spiro atoms. The van der Waals surface area contributed by atoms with Crippen LogP contribution in [0.1, 0.15) is 11.6 Å². The molecule has 0 radical (unpaired) electrons. The molecule has 0 aliphatic rings. The number of hydrogen-bond acceptors (Lipinski definition) is 3. The van der Waals surface area contributed by atoms with Gasteiger partial charge in [-0.1, -0.05) is 24.3 Å². The molecule has 0 amide bonds. The molecule has 0 fully saturated rings. The van der Waals surface area contributed by atoms with E-state index >= 15 is 0 Å². The van der Waals surface area contributed by atoms with Crippen molar-refractivity contribution in [3.8, 4) is 0 Å². The summed E-state index contributed by atoms with van der Waals surface area (Å²) >= 11 is 5.29. The summed E-state index contributed by atoms with van der Waals surface area (Å²) in [5.41, 5.74) is 8.16. The topological polar surface area (TPSA) is 38.0 Å². The highest BCUT2D eigenvalue weighted by Gasteiger charge is 2.10. The van der Waals surface area contributed by atoms with E-state index in [0.717, 1.165) is 10.2 Å². The molecule has 0 bridgehead atoms. The lowest BCUT2D eigenvalue weighted by molar-refractivity contribution is 0.788. The minimum Gasteiger partial charge on any atom is -0.376 e. The first-order valence-electron chi connectivity index (χ1n) is 6.09. The summed E-state index contributed by atoms with van der Waals surface area (Å²) in [5, 5.41) is 3.47. The summed E-state index contributed by atoms with van der Waals surface area (Å²) in [7, 11) is 0. The second kappa shape index (κ2) is 6.98. The molecule has 0 saturated carbocycles. The molecule has 19 heavy (non-hydrogen) atoms. The molecule has 2 nitrogen and oxygen atoms in total. The van der Waals surface area contributed by atoms with Crippen molar-refractivity contribution < 1.29 is 0 Å². The maximum absolute atomic E-state index is 5.89. The van der Waals surface area contributed by atoms with Crippen molar-refractivity contribution >= 4 is 33.4 Å². The molecule has 100 valence electrons. The van der Waals surface area contributed by atoms with Crippen LogP contribution in [0.15, 0.2) is 57.9 Å². The molecule has 2 aromatic carbocycles. The lowest BCUT2D eigenvalue weighted by atomic mass is 10.1. The van der Waals surface area contributed by atoms with E-state index < -0.39 is 0 Å². The van der Waals surface area contributed by atoms with Gasteiger partial charge in [0.25, 0.3) is 0 Å². The fourth-order valence-corrected chi connectivity index (χ4v) is 2.69. The van der Waals surface area contributed by atoms with Crippen LogP contribution in [0.4, 0.5) is 5.69 Å². The number of halogens is 1. The van der Waals surface area contributed by atoms with Crippen molar-refractivity contribution in [1.82, 2.24) is 0 Å². The van der Waals surface area contributed by atoms with E-state index in [9.17, 15) is 0 Å². The van der Waals surface area contributed by atoms with Gasteiger partial charge in [0, 0.05) is 21.6 Å². The minimum atomic E-state index is 0.120. The van der Waals surface area contributed by atoms with Crippen LogP contribution in [0.25, 0.3) is 0 Å². The van der Waals surface area contributed by atoms with Gasteiger partial charge in [0.1, 0.15) is 0 Å². The number of nitrogens with two attached hydrogens (primary N) is 1. The van der Waals surface area contributed by atoms with E-state index in [1.165, 1.54) is 10.5 Å². The summed E-state index contributed by atoms with van der Waals surface area (Å²) in [6, 6.07) is 16.7. The van der Waals surface area contributed by atoms with E-state index in [1.54, 1.807) is 11.8 Å². The van der Waals surface area contributed by atoms with Crippen molar-refractivity contribution in [2.24, 2.45) is 5.73 Å². The molecule has 0 saturated heterocycles. The van der Waals surface area contributed by atoms with Crippen LogP contribution >= 0.6 is 27.7 Å². The molecule has 1 atom stereocenters. The molecule has 2 aromatic rings. The standard InChI is InChI=1S/C15H17BrN2S/c1-19-12-8-6-11(7-9-12)15(10-17)18-14-5-3-2-4-13(14)16/h2-9,15,18H,10,17H2,1H3. The first kappa shape index (κ1) is 14.4. The Hall–Kier alpha value is -0.970. The van der Waals surface area contributed by atoms with Crippen LogP contribution in [-0.2, 0) is 0 Å².